The SMILES string of the molecule is CC/C=C\C/C=C\C/C=C\C/C=C\CCCCCCCCC(=O)OC(COC(=O)CCCCCCCCCCCCC)COC(=O)CCCCCCCCCCCCCC/C=C\C/C=C\C/C=C\CCCCCCC. The lowest BCUT2D eigenvalue weighted by Gasteiger charge is -2.18. The van der Waals surface area contributed by atoms with E-state index in [9.17, 15) is 14.4 Å². The standard InChI is InChI=1S/C69H120O6/c1-4-7-10-13-16-19-22-24-26-28-30-31-32-33-34-35-36-37-39-40-42-44-47-50-53-56-59-62-68(71)74-65-66(64-73-67(70)61-58-55-52-49-46-21-18-15-12-9-6-3)75-69(72)63-60-57-54-51-48-45-43-41-38-29-27-25-23-20-17-14-11-8-5-2/h8,11,17,20,22,24-25,27-28,30,32-33,38,41,66H,4-7,9-10,12-16,18-19,21,23,26,29,31,34-37,39-40,42-65H2,1-3H3/b11-8-,20-17-,24-22-,27-25-,30-28-,33-32-,41-38-. The molecule has 75 heavy (non-hydrogen) atoms. The molecule has 0 spiro atoms. The first kappa shape index (κ1) is 71.6. The number of ether oxygens (including phenoxy) is 3. The van der Waals surface area contributed by atoms with Crippen molar-refractivity contribution in [1.29, 1.82) is 0 Å². The van der Waals surface area contributed by atoms with Crippen LogP contribution in [0, 0.1) is 0 Å². The van der Waals surface area contributed by atoms with Crippen molar-refractivity contribution in [2.24, 2.45) is 0 Å². The van der Waals surface area contributed by atoms with Gasteiger partial charge < -0.3 is 14.2 Å². The van der Waals surface area contributed by atoms with Gasteiger partial charge in [0.05, 0.1) is 0 Å². The maximum atomic E-state index is 12.9. The molecule has 0 bridgehead atoms. The summed E-state index contributed by atoms with van der Waals surface area (Å²) in [5, 5.41) is 0. The lowest BCUT2D eigenvalue weighted by Crippen LogP contribution is -2.30. The van der Waals surface area contributed by atoms with Crippen LogP contribution in [0.15, 0.2) is 85.1 Å². The Kier molecular flexibility index (Phi) is 60.3. The Bertz CT molecular complexity index is 1430. The van der Waals surface area contributed by atoms with E-state index in [-0.39, 0.29) is 31.1 Å². The van der Waals surface area contributed by atoms with Crippen molar-refractivity contribution in [3.63, 3.8) is 0 Å². The van der Waals surface area contributed by atoms with E-state index in [2.05, 4.69) is 106 Å². The van der Waals surface area contributed by atoms with Crippen molar-refractivity contribution in [3.05, 3.63) is 85.1 Å². The molecule has 0 N–H and O–H groups in total. The fraction of sp³-hybridized carbons (Fsp3) is 0.754. The summed E-state index contributed by atoms with van der Waals surface area (Å²) in [6.07, 6.45) is 83.0. The number of carbonyl (C=O) groups is 3. The lowest BCUT2D eigenvalue weighted by atomic mass is 10.0. The van der Waals surface area contributed by atoms with Gasteiger partial charge >= 0.3 is 17.9 Å². The molecular weight excluding hydrogens is 925 g/mol. The quantitative estimate of drug-likeness (QED) is 0.0261. The largest absolute Gasteiger partial charge is 0.462 e. The third-order valence-corrected chi connectivity index (χ3v) is 13.9. The highest BCUT2D eigenvalue weighted by atomic mass is 16.6. The van der Waals surface area contributed by atoms with Gasteiger partial charge in [-0.05, 0) is 96.3 Å². The number of rotatable bonds is 58. The second kappa shape index (κ2) is 63.1. The smallest absolute Gasteiger partial charge is 0.306 e. The fourth-order valence-electron chi connectivity index (χ4n) is 9.09. The maximum Gasteiger partial charge on any atom is 0.306 e. The lowest BCUT2D eigenvalue weighted by molar-refractivity contribution is -0.167. The van der Waals surface area contributed by atoms with E-state index in [0.717, 1.165) is 109 Å². The summed E-state index contributed by atoms with van der Waals surface area (Å²) in [4.78, 5) is 38.2. The minimum Gasteiger partial charge on any atom is -0.462 e. The zero-order valence-electron chi connectivity index (χ0n) is 49.6. The first-order chi connectivity index (χ1) is 37.0. The molecule has 0 saturated carbocycles. The molecule has 1 unspecified atom stereocenters. The van der Waals surface area contributed by atoms with Gasteiger partial charge in [0.25, 0.3) is 0 Å². The van der Waals surface area contributed by atoms with Crippen LogP contribution in [-0.2, 0) is 28.6 Å². The van der Waals surface area contributed by atoms with Crippen molar-refractivity contribution in [1.82, 2.24) is 0 Å². The Balaban J connectivity index is 4.26. The molecule has 6 nitrogen and oxygen atoms in total. The molecule has 0 aromatic heterocycles. The zero-order valence-corrected chi connectivity index (χ0v) is 49.6. The van der Waals surface area contributed by atoms with Crippen LogP contribution in [0.3, 0.4) is 0 Å². The van der Waals surface area contributed by atoms with Gasteiger partial charge in [-0.3, -0.25) is 14.4 Å². The topological polar surface area (TPSA) is 78.9 Å². The predicted molar refractivity (Wildman–Crippen MR) is 325 cm³/mol. The number of unbranched alkanes of at least 4 members (excludes halogenated alkanes) is 33. The molecule has 0 aliphatic rings. The predicted octanol–water partition coefficient (Wildman–Crippen LogP) is 21.9. The molecule has 0 saturated heterocycles. The Morgan fingerprint density at radius 3 is 0.813 bits per heavy atom. The Hall–Kier alpha value is -3.41. The van der Waals surface area contributed by atoms with Gasteiger partial charge in [-0.1, -0.05) is 286 Å². The first-order valence-electron chi connectivity index (χ1n) is 32.1. The van der Waals surface area contributed by atoms with Gasteiger partial charge in [0.15, 0.2) is 6.10 Å². The van der Waals surface area contributed by atoms with Crippen LogP contribution in [0.4, 0.5) is 0 Å². The highest BCUT2D eigenvalue weighted by molar-refractivity contribution is 5.71. The molecule has 0 radical (unpaired) electrons. The normalized spacial score (nSPS) is 12.6. The molecule has 0 fully saturated rings. The summed E-state index contributed by atoms with van der Waals surface area (Å²) >= 11 is 0. The molecule has 432 valence electrons. The first-order valence-corrected chi connectivity index (χ1v) is 32.1. The molecule has 0 heterocycles. The van der Waals surface area contributed by atoms with Gasteiger partial charge in [-0.15, -0.1) is 0 Å². The molecule has 6 heteroatoms. The number of esters is 3. The van der Waals surface area contributed by atoms with Gasteiger partial charge in [0.1, 0.15) is 13.2 Å². The summed E-state index contributed by atoms with van der Waals surface area (Å²) in [5.41, 5.74) is 0. The summed E-state index contributed by atoms with van der Waals surface area (Å²) in [7, 11) is 0. The zero-order chi connectivity index (χ0) is 54.3. The van der Waals surface area contributed by atoms with Crippen molar-refractivity contribution in [3.8, 4) is 0 Å². The summed E-state index contributed by atoms with van der Waals surface area (Å²) in [5.74, 6) is -0.886. The van der Waals surface area contributed by atoms with Crippen molar-refractivity contribution < 1.29 is 28.6 Å². The van der Waals surface area contributed by atoms with E-state index in [4.69, 9.17) is 14.2 Å². The number of carbonyl (C=O) groups excluding carboxylic acids is 3. The molecule has 0 aromatic carbocycles. The summed E-state index contributed by atoms with van der Waals surface area (Å²) in [6.45, 7) is 6.52. The maximum absolute atomic E-state index is 12.9. The van der Waals surface area contributed by atoms with Crippen LogP contribution >= 0.6 is 0 Å². The summed E-state index contributed by atoms with van der Waals surface area (Å²) < 4.78 is 16.9. The van der Waals surface area contributed by atoms with Crippen LogP contribution in [0.2, 0.25) is 0 Å². The van der Waals surface area contributed by atoms with Gasteiger partial charge in [0.2, 0.25) is 0 Å². The van der Waals surface area contributed by atoms with E-state index in [0.29, 0.717) is 19.3 Å². The Morgan fingerprint density at radius 2 is 0.520 bits per heavy atom. The summed E-state index contributed by atoms with van der Waals surface area (Å²) in [6, 6.07) is 0. The van der Waals surface area contributed by atoms with Crippen LogP contribution in [-0.4, -0.2) is 37.2 Å². The molecule has 1 atom stereocenters. The number of hydrogen-bond acceptors (Lipinski definition) is 6. The average Bonchev–Trinajstić information content (AvgIpc) is 3.41. The molecule has 0 aromatic rings. The van der Waals surface area contributed by atoms with Crippen molar-refractivity contribution in [2.45, 2.75) is 322 Å². The number of allylic oxidation sites excluding steroid dienone is 14. The van der Waals surface area contributed by atoms with Gasteiger partial charge in [-0.2, -0.15) is 0 Å². The van der Waals surface area contributed by atoms with Crippen LogP contribution < -0.4 is 0 Å². The molecule has 0 rings (SSSR count). The number of hydrogen-bond donors (Lipinski definition) is 0. The average molecular weight is 1050 g/mol. The second-order valence-corrected chi connectivity index (χ2v) is 21.3. The third kappa shape index (κ3) is 61.3. The van der Waals surface area contributed by atoms with E-state index in [1.54, 1.807) is 0 Å². The van der Waals surface area contributed by atoms with E-state index >= 15 is 0 Å². The Morgan fingerprint density at radius 1 is 0.280 bits per heavy atom. The minimum absolute atomic E-state index is 0.0803. The minimum atomic E-state index is -0.784. The van der Waals surface area contributed by atoms with Gasteiger partial charge in [0, 0.05) is 19.3 Å². The van der Waals surface area contributed by atoms with E-state index in [1.165, 1.54) is 167 Å². The van der Waals surface area contributed by atoms with Crippen molar-refractivity contribution in [2.75, 3.05) is 13.2 Å². The fourth-order valence-corrected chi connectivity index (χ4v) is 9.09. The van der Waals surface area contributed by atoms with E-state index in [1.807, 2.05) is 0 Å². The van der Waals surface area contributed by atoms with Crippen molar-refractivity contribution >= 4 is 17.9 Å². The molecule has 0 aliphatic heterocycles. The van der Waals surface area contributed by atoms with Crippen LogP contribution in [0.25, 0.3) is 0 Å². The van der Waals surface area contributed by atoms with Gasteiger partial charge in [-0.25, -0.2) is 0 Å². The molecular formula is C69H120O6. The highest BCUT2D eigenvalue weighted by Gasteiger charge is 2.19. The second-order valence-electron chi connectivity index (χ2n) is 21.3. The monoisotopic (exact) mass is 1040 g/mol. The molecule has 0 aliphatic carbocycles. The molecule has 0 amide bonds. The van der Waals surface area contributed by atoms with Crippen LogP contribution in [0.1, 0.15) is 316 Å². The van der Waals surface area contributed by atoms with Crippen LogP contribution in [0.5, 0.6) is 0 Å². The third-order valence-electron chi connectivity index (χ3n) is 13.9. The Labute approximate surface area is 465 Å². The van der Waals surface area contributed by atoms with E-state index < -0.39 is 6.10 Å². The highest BCUT2D eigenvalue weighted by Crippen LogP contribution is 2.16.